The Hall–Kier alpha value is -1.75. The van der Waals surface area contributed by atoms with E-state index in [9.17, 15) is 9.90 Å². The summed E-state index contributed by atoms with van der Waals surface area (Å²) in [5.41, 5.74) is 1.18. The van der Waals surface area contributed by atoms with Crippen molar-refractivity contribution in [3.63, 3.8) is 0 Å². The summed E-state index contributed by atoms with van der Waals surface area (Å²) in [5, 5.41) is 15.8. The molecule has 2 rings (SSSR count). The van der Waals surface area contributed by atoms with Crippen LogP contribution >= 0.6 is 0 Å². The Bertz CT molecular complexity index is 508. The van der Waals surface area contributed by atoms with Gasteiger partial charge in [-0.1, -0.05) is 12.8 Å². The number of nitrogens with zero attached hydrogens (tertiary/aromatic N) is 1. The molecule has 2 amide bonds. The average molecular weight is 319 g/mol. The van der Waals surface area contributed by atoms with Crippen LogP contribution in [-0.2, 0) is 0 Å². The zero-order valence-electron chi connectivity index (χ0n) is 14.4. The van der Waals surface area contributed by atoms with E-state index in [0.29, 0.717) is 12.6 Å². The van der Waals surface area contributed by atoms with Crippen LogP contribution in [0.4, 0.5) is 16.2 Å². The van der Waals surface area contributed by atoms with Crippen molar-refractivity contribution in [1.82, 2.24) is 5.32 Å². The van der Waals surface area contributed by atoms with Crippen LogP contribution in [0.1, 0.15) is 46.5 Å². The maximum Gasteiger partial charge on any atom is 0.319 e. The second kappa shape index (κ2) is 7.68. The third-order valence-electron chi connectivity index (χ3n) is 4.53. The van der Waals surface area contributed by atoms with Gasteiger partial charge in [0.15, 0.2) is 0 Å². The number of hydrogen-bond donors (Lipinski definition) is 3. The maximum absolute atomic E-state index is 12.0. The fourth-order valence-electron chi connectivity index (χ4n) is 3.21. The molecule has 0 spiro atoms. The molecule has 23 heavy (non-hydrogen) atoms. The molecule has 1 fully saturated rings. The highest BCUT2D eigenvalue weighted by Crippen LogP contribution is 2.28. The highest BCUT2D eigenvalue weighted by atomic mass is 16.3. The van der Waals surface area contributed by atoms with Crippen molar-refractivity contribution >= 4 is 17.4 Å². The Kier molecular flexibility index (Phi) is 5.88. The second-order valence-electron chi connectivity index (χ2n) is 6.67. The van der Waals surface area contributed by atoms with Gasteiger partial charge < -0.3 is 20.6 Å². The number of aliphatic hydroxyl groups is 1. The molecule has 3 N–H and O–H groups in total. The molecular weight excluding hydrogens is 290 g/mol. The van der Waals surface area contributed by atoms with E-state index >= 15 is 0 Å². The van der Waals surface area contributed by atoms with Crippen molar-refractivity contribution in [2.45, 2.75) is 58.1 Å². The maximum atomic E-state index is 12.0. The molecule has 0 atom stereocenters. The van der Waals surface area contributed by atoms with Gasteiger partial charge in [-0.2, -0.15) is 0 Å². The minimum Gasteiger partial charge on any atom is -0.388 e. The van der Waals surface area contributed by atoms with E-state index in [1.807, 2.05) is 24.3 Å². The molecule has 0 radical (unpaired) electrons. The topological polar surface area (TPSA) is 64.6 Å². The molecule has 1 aromatic rings. The smallest absolute Gasteiger partial charge is 0.319 e. The highest BCUT2D eigenvalue weighted by Gasteiger charge is 2.31. The number of rotatable bonds is 6. The molecule has 5 heteroatoms. The number of carbonyl (C=O) groups is 1. The molecule has 128 valence electrons. The van der Waals surface area contributed by atoms with Gasteiger partial charge in [-0.15, -0.1) is 0 Å². The standard InChI is InChI=1S/C18H29N3O2/c1-4-21(14(2)3)16-9-7-15(8-10-16)20-17(22)19-13-18(23)11-5-6-12-18/h7-10,14,23H,4-6,11-13H2,1-3H3,(H2,19,20,22). The van der Waals surface area contributed by atoms with Crippen LogP contribution in [0.15, 0.2) is 24.3 Å². The van der Waals surface area contributed by atoms with Crippen LogP contribution in [0.2, 0.25) is 0 Å². The molecular formula is C18H29N3O2. The monoisotopic (exact) mass is 319 g/mol. The van der Waals surface area contributed by atoms with Crippen molar-refractivity contribution in [1.29, 1.82) is 0 Å². The molecule has 1 aliphatic carbocycles. The zero-order valence-corrected chi connectivity index (χ0v) is 14.4. The van der Waals surface area contributed by atoms with Crippen molar-refractivity contribution in [3.8, 4) is 0 Å². The van der Waals surface area contributed by atoms with Crippen LogP contribution in [0.25, 0.3) is 0 Å². The Morgan fingerprint density at radius 1 is 1.26 bits per heavy atom. The minimum absolute atomic E-state index is 0.269. The molecule has 1 aliphatic rings. The van der Waals surface area contributed by atoms with Crippen LogP contribution < -0.4 is 15.5 Å². The van der Waals surface area contributed by atoms with Crippen LogP contribution in [-0.4, -0.2) is 35.9 Å². The third-order valence-corrected chi connectivity index (χ3v) is 4.53. The number of benzene rings is 1. The van der Waals surface area contributed by atoms with Gasteiger partial charge in [0.1, 0.15) is 0 Å². The summed E-state index contributed by atoms with van der Waals surface area (Å²) in [6, 6.07) is 8.02. The average Bonchev–Trinajstić information content (AvgIpc) is 2.95. The summed E-state index contributed by atoms with van der Waals surface area (Å²) in [6.07, 6.45) is 3.60. The van der Waals surface area contributed by atoms with Crippen molar-refractivity contribution in [2.75, 3.05) is 23.3 Å². The summed E-state index contributed by atoms with van der Waals surface area (Å²) in [4.78, 5) is 14.2. The van der Waals surface area contributed by atoms with E-state index < -0.39 is 5.60 Å². The molecule has 5 nitrogen and oxygen atoms in total. The van der Waals surface area contributed by atoms with Gasteiger partial charge in [-0.3, -0.25) is 0 Å². The van der Waals surface area contributed by atoms with Crippen LogP contribution in [0, 0.1) is 0 Å². The van der Waals surface area contributed by atoms with E-state index in [1.54, 1.807) is 0 Å². The fourth-order valence-corrected chi connectivity index (χ4v) is 3.21. The van der Waals surface area contributed by atoms with Gasteiger partial charge in [0.05, 0.1) is 5.60 Å². The van der Waals surface area contributed by atoms with E-state index in [4.69, 9.17) is 0 Å². The number of amides is 2. The lowest BCUT2D eigenvalue weighted by Gasteiger charge is -2.27. The first-order valence-electron chi connectivity index (χ1n) is 8.57. The van der Waals surface area contributed by atoms with Crippen LogP contribution in [0.3, 0.4) is 0 Å². The Labute approximate surface area is 139 Å². The van der Waals surface area contributed by atoms with Gasteiger partial charge in [-0.05, 0) is 57.9 Å². The third kappa shape index (κ3) is 4.86. The lowest BCUT2D eigenvalue weighted by atomic mass is 10.0. The summed E-state index contributed by atoms with van der Waals surface area (Å²) >= 11 is 0. The van der Waals surface area contributed by atoms with Crippen molar-refractivity contribution in [3.05, 3.63) is 24.3 Å². The van der Waals surface area contributed by atoms with Gasteiger partial charge in [0, 0.05) is 30.5 Å². The Morgan fingerprint density at radius 3 is 2.39 bits per heavy atom. The summed E-state index contributed by atoms with van der Waals surface area (Å²) in [5.74, 6) is 0. The molecule has 1 saturated carbocycles. The zero-order chi connectivity index (χ0) is 16.9. The van der Waals surface area contributed by atoms with Gasteiger partial charge in [0.2, 0.25) is 0 Å². The van der Waals surface area contributed by atoms with Crippen molar-refractivity contribution < 1.29 is 9.90 Å². The first-order valence-corrected chi connectivity index (χ1v) is 8.57. The first-order chi connectivity index (χ1) is 10.9. The predicted octanol–water partition coefficient (Wildman–Crippen LogP) is 3.35. The van der Waals surface area contributed by atoms with Crippen molar-refractivity contribution in [2.24, 2.45) is 0 Å². The number of urea groups is 1. The lowest BCUT2D eigenvalue weighted by Crippen LogP contribution is -2.42. The number of nitrogens with one attached hydrogen (secondary N) is 2. The molecule has 0 unspecified atom stereocenters. The molecule has 1 aromatic carbocycles. The molecule has 0 aromatic heterocycles. The minimum atomic E-state index is -0.722. The molecule has 0 heterocycles. The Morgan fingerprint density at radius 2 is 1.87 bits per heavy atom. The molecule has 0 saturated heterocycles. The van der Waals surface area contributed by atoms with E-state index in [0.717, 1.165) is 43.6 Å². The summed E-state index contributed by atoms with van der Waals surface area (Å²) in [7, 11) is 0. The largest absolute Gasteiger partial charge is 0.388 e. The fraction of sp³-hybridized carbons (Fsp3) is 0.611. The Balaban J connectivity index is 1.86. The summed E-state index contributed by atoms with van der Waals surface area (Å²) in [6.45, 7) is 7.72. The van der Waals surface area contributed by atoms with E-state index in [1.165, 1.54) is 0 Å². The summed E-state index contributed by atoms with van der Waals surface area (Å²) < 4.78 is 0. The highest BCUT2D eigenvalue weighted by molar-refractivity contribution is 5.89. The van der Waals surface area contributed by atoms with E-state index in [2.05, 4.69) is 36.3 Å². The predicted molar refractivity (Wildman–Crippen MR) is 95.0 cm³/mol. The van der Waals surface area contributed by atoms with Gasteiger partial charge in [0.25, 0.3) is 0 Å². The first kappa shape index (κ1) is 17.6. The number of carbonyl (C=O) groups excluding carboxylic acids is 1. The molecule has 0 aliphatic heterocycles. The van der Waals surface area contributed by atoms with Crippen LogP contribution in [0.5, 0.6) is 0 Å². The SMILES string of the molecule is CCN(c1ccc(NC(=O)NCC2(O)CCCC2)cc1)C(C)C. The van der Waals surface area contributed by atoms with Gasteiger partial charge >= 0.3 is 6.03 Å². The molecule has 0 bridgehead atoms. The van der Waals surface area contributed by atoms with E-state index in [-0.39, 0.29) is 6.03 Å². The normalized spacial score (nSPS) is 16.4. The van der Waals surface area contributed by atoms with Gasteiger partial charge in [-0.25, -0.2) is 4.79 Å². The quantitative estimate of drug-likeness (QED) is 0.753. The second-order valence-corrected chi connectivity index (χ2v) is 6.67. The number of hydrogen-bond acceptors (Lipinski definition) is 3. The number of anilines is 2. The lowest BCUT2D eigenvalue weighted by molar-refractivity contribution is 0.0506.